The van der Waals surface area contributed by atoms with Gasteiger partial charge in [-0.15, -0.1) is 13.2 Å². The Morgan fingerprint density at radius 2 is 2.15 bits per heavy atom. The molecule has 0 amide bonds. The molecule has 0 spiro atoms. The first-order chi connectivity index (χ1) is 6.24. The topological polar surface area (TPSA) is 12.0 Å². The second-order valence-electron chi connectivity index (χ2n) is 3.21. The molecular formula is C11H21NS. The van der Waals surface area contributed by atoms with E-state index in [0.717, 1.165) is 6.42 Å². The fraction of sp³-hybridized carbons (Fsp3) is 0.636. The Kier molecular flexibility index (Phi) is 8.26. The molecule has 0 aromatic heterocycles. The third kappa shape index (κ3) is 6.91. The van der Waals surface area contributed by atoms with Gasteiger partial charge in [-0.1, -0.05) is 31.9 Å². The van der Waals surface area contributed by atoms with Crippen molar-refractivity contribution in [3.05, 3.63) is 25.3 Å². The van der Waals surface area contributed by atoms with E-state index >= 15 is 0 Å². The molecule has 0 saturated heterocycles. The molecule has 2 atom stereocenters. The Morgan fingerprint density at radius 1 is 1.46 bits per heavy atom. The first kappa shape index (κ1) is 12.8. The summed E-state index contributed by atoms with van der Waals surface area (Å²) in [5.74, 6) is 0. The number of hydrogen-bond donors (Lipinski definition) is 2. The number of unbranched alkanes of at least 4 members (excludes halogenated alkanes) is 1. The van der Waals surface area contributed by atoms with Gasteiger partial charge in [-0.3, -0.25) is 5.32 Å². The maximum absolute atomic E-state index is 4.32. The van der Waals surface area contributed by atoms with Crippen LogP contribution >= 0.6 is 12.6 Å². The molecule has 0 heterocycles. The van der Waals surface area contributed by atoms with Gasteiger partial charge in [0, 0.05) is 6.04 Å². The summed E-state index contributed by atoms with van der Waals surface area (Å²) in [6.45, 7) is 9.65. The molecule has 0 aromatic carbocycles. The van der Waals surface area contributed by atoms with Crippen molar-refractivity contribution in [2.75, 3.05) is 0 Å². The second-order valence-corrected chi connectivity index (χ2v) is 3.77. The predicted molar refractivity (Wildman–Crippen MR) is 64.2 cm³/mol. The van der Waals surface area contributed by atoms with E-state index in [-0.39, 0.29) is 5.37 Å². The highest BCUT2D eigenvalue weighted by atomic mass is 32.1. The van der Waals surface area contributed by atoms with Gasteiger partial charge < -0.3 is 0 Å². The third-order valence-electron chi connectivity index (χ3n) is 1.99. The molecule has 0 aliphatic carbocycles. The van der Waals surface area contributed by atoms with Crippen molar-refractivity contribution in [3.63, 3.8) is 0 Å². The van der Waals surface area contributed by atoms with Crippen LogP contribution < -0.4 is 5.32 Å². The monoisotopic (exact) mass is 199 g/mol. The lowest BCUT2D eigenvalue weighted by Gasteiger charge is -2.19. The predicted octanol–water partition coefficient (Wildman–Crippen LogP) is 3.15. The van der Waals surface area contributed by atoms with Crippen LogP contribution in [0.3, 0.4) is 0 Å². The van der Waals surface area contributed by atoms with Crippen molar-refractivity contribution in [1.29, 1.82) is 0 Å². The Hall–Kier alpha value is -0.210. The Labute approximate surface area is 87.7 Å². The average molecular weight is 199 g/mol. The zero-order chi connectivity index (χ0) is 10.1. The average Bonchev–Trinajstić information content (AvgIpc) is 2.14. The maximum Gasteiger partial charge on any atom is 0.0689 e. The summed E-state index contributed by atoms with van der Waals surface area (Å²) in [5, 5.41) is 3.48. The summed E-state index contributed by atoms with van der Waals surface area (Å²) in [6, 6.07) is 0.498. The highest BCUT2D eigenvalue weighted by Gasteiger charge is 2.07. The van der Waals surface area contributed by atoms with Gasteiger partial charge in [-0.05, 0) is 12.8 Å². The molecule has 0 fully saturated rings. The van der Waals surface area contributed by atoms with Crippen molar-refractivity contribution < 1.29 is 0 Å². The van der Waals surface area contributed by atoms with Crippen LogP contribution in [0.15, 0.2) is 25.3 Å². The second kappa shape index (κ2) is 8.39. The van der Waals surface area contributed by atoms with Gasteiger partial charge >= 0.3 is 0 Å². The van der Waals surface area contributed by atoms with Crippen LogP contribution in [0.4, 0.5) is 0 Å². The number of hydrogen-bond acceptors (Lipinski definition) is 2. The molecule has 2 heteroatoms. The van der Waals surface area contributed by atoms with Gasteiger partial charge in [0.1, 0.15) is 0 Å². The highest BCUT2D eigenvalue weighted by Crippen LogP contribution is 2.07. The van der Waals surface area contributed by atoms with E-state index < -0.39 is 0 Å². The molecule has 0 aliphatic heterocycles. The highest BCUT2D eigenvalue weighted by molar-refractivity contribution is 7.81. The number of nitrogens with one attached hydrogen (secondary N) is 1. The van der Waals surface area contributed by atoms with E-state index in [4.69, 9.17) is 0 Å². The smallest absolute Gasteiger partial charge is 0.0689 e. The molecule has 1 N–H and O–H groups in total. The minimum Gasteiger partial charge on any atom is -0.299 e. The van der Waals surface area contributed by atoms with Gasteiger partial charge in [0.25, 0.3) is 0 Å². The summed E-state index contributed by atoms with van der Waals surface area (Å²) in [5.41, 5.74) is 0. The van der Waals surface area contributed by atoms with Crippen molar-refractivity contribution in [2.45, 2.75) is 44.0 Å². The van der Waals surface area contributed by atoms with Crippen molar-refractivity contribution in [3.8, 4) is 0 Å². The summed E-state index contributed by atoms with van der Waals surface area (Å²) in [4.78, 5) is 0. The standard InChI is InChI=1S/C11H21NS/c1-4-7-9-10(8-5-2)12-11(13)6-3/h5-6,10-13H,2-4,7-9H2,1H3. The minimum absolute atomic E-state index is 0.0989. The van der Waals surface area contributed by atoms with E-state index in [1.807, 2.05) is 12.2 Å². The zero-order valence-corrected chi connectivity index (χ0v) is 9.39. The van der Waals surface area contributed by atoms with Crippen LogP contribution in [0.25, 0.3) is 0 Å². The minimum atomic E-state index is 0.0989. The van der Waals surface area contributed by atoms with Gasteiger partial charge in [-0.2, -0.15) is 12.6 Å². The molecular weight excluding hydrogens is 178 g/mol. The molecule has 0 aromatic rings. The molecule has 76 valence electrons. The number of thiol groups is 1. The third-order valence-corrected chi connectivity index (χ3v) is 2.35. The molecule has 0 saturated carbocycles. The molecule has 0 rings (SSSR count). The van der Waals surface area contributed by atoms with Gasteiger partial charge in [0.2, 0.25) is 0 Å². The summed E-state index contributed by atoms with van der Waals surface area (Å²) < 4.78 is 0. The van der Waals surface area contributed by atoms with Crippen LogP contribution in [-0.2, 0) is 0 Å². The van der Waals surface area contributed by atoms with Crippen LogP contribution in [0.2, 0.25) is 0 Å². The first-order valence-electron chi connectivity index (χ1n) is 4.92. The summed E-state index contributed by atoms with van der Waals surface area (Å²) in [7, 11) is 0. The molecule has 2 unspecified atom stereocenters. The Balaban J connectivity index is 3.77. The van der Waals surface area contributed by atoms with Crippen LogP contribution in [0, 0.1) is 0 Å². The lowest BCUT2D eigenvalue weighted by Crippen LogP contribution is -2.33. The summed E-state index contributed by atoms with van der Waals surface area (Å²) >= 11 is 4.32. The van der Waals surface area contributed by atoms with Crippen molar-refractivity contribution >= 4 is 12.6 Å². The summed E-state index contributed by atoms with van der Waals surface area (Å²) in [6.07, 6.45) is 8.45. The molecule has 0 aliphatic rings. The van der Waals surface area contributed by atoms with E-state index in [1.165, 1.54) is 19.3 Å². The first-order valence-corrected chi connectivity index (χ1v) is 5.43. The molecule has 0 bridgehead atoms. The maximum atomic E-state index is 4.32. The van der Waals surface area contributed by atoms with E-state index in [9.17, 15) is 0 Å². The van der Waals surface area contributed by atoms with Gasteiger partial charge in [0.15, 0.2) is 0 Å². The van der Waals surface area contributed by atoms with Crippen LogP contribution in [0.5, 0.6) is 0 Å². The van der Waals surface area contributed by atoms with Crippen LogP contribution in [-0.4, -0.2) is 11.4 Å². The zero-order valence-electron chi connectivity index (χ0n) is 8.50. The SMILES string of the molecule is C=CCC(CCCC)NC(S)C=C. The largest absolute Gasteiger partial charge is 0.299 e. The Morgan fingerprint density at radius 3 is 2.62 bits per heavy atom. The normalized spacial score (nSPS) is 14.9. The Bertz CT molecular complexity index is 145. The lowest BCUT2D eigenvalue weighted by atomic mass is 10.1. The molecule has 13 heavy (non-hydrogen) atoms. The van der Waals surface area contributed by atoms with E-state index in [0.29, 0.717) is 6.04 Å². The fourth-order valence-corrected chi connectivity index (χ4v) is 1.44. The van der Waals surface area contributed by atoms with Crippen LogP contribution in [0.1, 0.15) is 32.6 Å². The van der Waals surface area contributed by atoms with Gasteiger partial charge in [0.05, 0.1) is 5.37 Å². The number of rotatable bonds is 8. The quantitative estimate of drug-likeness (QED) is 0.348. The van der Waals surface area contributed by atoms with E-state index in [1.54, 1.807) is 0 Å². The van der Waals surface area contributed by atoms with Crippen molar-refractivity contribution in [1.82, 2.24) is 5.32 Å². The fourth-order valence-electron chi connectivity index (χ4n) is 1.23. The molecule has 1 nitrogen and oxygen atoms in total. The van der Waals surface area contributed by atoms with Gasteiger partial charge in [-0.25, -0.2) is 0 Å². The molecule has 0 radical (unpaired) electrons. The van der Waals surface area contributed by atoms with E-state index in [2.05, 4.69) is 38.0 Å². The van der Waals surface area contributed by atoms with Crippen molar-refractivity contribution in [2.24, 2.45) is 0 Å². The lowest BCUT2D eigenvalue weighted by molar-refractivity contribution is 0.479.